The van der Waals surface area contributed by atoms with Crippen molar-refractivity contribution >= 4 is 10.2 Å². The summed E-state index contributed by atoms with van der Waals surface area (Å²) in [6, 6.07) is 0.258. The molecule has 0 aromatic carbocycles. The molecule has 1 heterocycles. The number of piperidine rings is 1. The quantitative estimate of drug-likeness (QED) is 0.707. The molecule has 1 aliphatic heterocycles. The van der Waals surface area contributed by atoms with E-state index in [9.17, 15) is 8.42 Å². The smallest absolute Gasteiger partial charge is 0.278 e. The lowest BCUT2D eigenvalue weighted by Crippen LogP contribution is -2.49. The van der Waals surface area contributed by atoms with Crippen molar-refractivity contribution in [3.63, 3.8) is 0 Å². The highest BCUT2D eigenvalue weighted by atomic mass is 32.2. The first-order chi connectivity index (χ1) is 6.93. The van der Waals surface area contributed by atoms with Gasteiger partial charge in [-0.05, 0) is 25.3 Å². The molecule has 1 aliphatic rings. The van der Waals surface area contributed by atoms with E-state index in [0.717, 1.165) is 6.54 Å². The van der Waals surface area contributed by atoms with E-state index in [1.165, 1.54) is 31.2 Å². The molecule has 0 aromatic rings. The van der Waals surface area contributed by atoms with Gasteiger partial charge in [-0.1, -0.05) is 6.92 Å². The van der Waals surface area contributed by atoms with Crippen LogP contribution < -0.4 is 10.0 Å². The normalized spacial score (nSPS) is 28.3. The van der Waals surface area contributed by atoms with E-state index in [-0.39, 0.29) is 6.04 Å². The van der Waals surface area contributed by atoms with Crippen molar-refractivity contribution in [2.75, 3.05) is 27.2 Å². The number of nitrogens with one attached hydrogen (secondary N) is 2. The van der Waals surface area contributed by atoms with Crippen LogP contribution in [0.3, 0.4) is 0 Å². The fourth-order valence-electron chi connectivity index (χ4n) is 1.71. The predicted octanol–water partition coefficient (Wildman–Crippen LogP) is -0.229. The first kappa shape index (κ1) is 12.9. The number of hydrogen-bond acceptors (Lipinski definition) is 3. The standard InChI is InChI=1S/C9H21N3O2S/c1-8-5-4-6-10-9(8)7-11-15(13,14)12(2)3/h8-11H,4-7H2,1-3H3. The van der Waals surface area contributed by atoms with Crippen LogP contribution in [-0.2, 0) is 10.2 Å². The molecule has 0 amide bonds. The molecule has 2 N–H and O–H groups in total. The molecule has 5 nitrogen and oxygen atoms in total. The van der Waals surface area contributed by atoms with Crippen LogP contribution in [0.5, 0.6) is 0 Å². The third-order valence-corrected chi connectivity index (χ3v) is 4.39. The minimum atomic E-state index is -3.28. The van der Waals surface area contributed by atoms with Gasteiger partial charge in [0.05, 0.1) is 0 Å². The first-order valence-corrected chi connectivity index (χ1v) is 6.78. The Balaban J connectivity index is 2.42. The Labute approximate surface area is 92.4 Å². The predicted molar refractivity (Wildman–Crippen MR) is 60.8 cm³/mol. The Bertz CT molecular complexity index is 290. The Morgan fingerprint density at radius 1 is 1.47 bits per heavy atom. The van der Waals surface area contributed by atoms with Gasteiger partial charge in [-0.2, -0.15) is 12.7 Å². The second kappa shape index (κ2) is 5.25. The largest absolute Gasteiger partial charge is 0.312 e. The zero-order chi connectivity index (χ0) is 11.5. The van der Waals surface area contributed by atoms with Gasteiger partial charge in [0.1, 0.15) is 0 Å². The maximum Gasteiger partial charge on any atom is 0.278 e. The van der Waals surface area contributed by atoms with Gasteiger partial charge in [0, 0.05) is 26.7 Å². The zero-order valence-corrected chi connectivity index (χ0v) is 10.5. The molecule has 0 aliphatic carbocycles. The molecule has 1 rings (SSSR count). The highest BCUT2D eigenvalue weighted by Crippen LogP contribution is 2.14. The van der Waals surface area contributed by atoms with E-state index in [1.807, 2.05) is 0 Å². The summed E-state index contributed by atoms with van der Waals surface area (Å²) >= 11 is 0. The summed E-state index contributed by atoms with van der Waals surface area (Å²) in [6.07, 6.45) is 2.35. The van der Waals surface area contributed by atoms with Crippen LogP contribution >= 0.6 is 0 Å². The fourth-order valence-corrected chi connectivity index (χ4v) is 2.36. The lowest BCUT2D eigenvalue weighted by atomic mass is 9.93. The van der Waals surface area contributed by atoms with Crippen LogP contribution in [0.1, 0.15) is 19.8 Å². The lowest BCUT2D eigenvalue weighted by Gasteiger charge is -2.30. The van der Waals surface area contributed by atoms with Crippen molar-refractivity contribution in [1.82, 2.24) is 14.3 Å². The van der Waals surface area contributed by atoms with Crippen molar-refractivity contribution in [2.24, 2.45) is 5.92 Å². The van der Waals surface area contributed by atoms with E-state index in [4.69, 9.17) is 0 Å². The minimum absolute atomic E-state index is 0.258. The second-order valence-electron chi connectivity index (χ2n) is 4.32. The number of hydrogen-bond donors (Lipinski definition) is 2. The van der Waals surface area contributed by atoms with Crippen molar-refractivity contribution in [2.45, 2.75) is 25.8 Å². The summed E-state index contributed by atoms with van der Waals surface area (Å²) in [5.74, 6) is 0.531. The molecule has 0 radical (unpaired) electrons. The third kappa shape index (κ3) is 3.71. The monoisotopic (exact) mass is 235 g/mol. The van der Waals surface area contributed by atoms with Gasteiger partial charge in [-0.3, -0.25) is 0 Å². The van der Waals surface area contributed by atoms with E-state index in [1.54, 1.807) is 0 Å². The van der Waals surface area contributed by atoms with Crippen LogP contribution in [0.4, 0.5) is 0 Å². The Morgan fingerprint density at radius 3 is 2.67 bits per heavy atom. The molecule has 6 heteroatoms. The molecule has 15 heavy (non-hydrogen) atoms. The van der Waals surface area contributed by atoms with Gasteiger partial charge in [0.25, 0.3) is 10.2 Å². The lowest BCUT2D eigenvalue weighted by molar-refractivity contribution is 0.299. The van der Waals surface area contributed by atoms with Gasteiger partial charge in [0.15, 0.2) is 0 Å². The van der Waals surface area contributed by atoms with Crippen molar-refractivity contribution in [3.8, 4) is 0 Å². The number of nitrogens with zero attached hydrogens (tertiary/aromatic N) is 1. The molecule has 0 aromatic heterocycles. The van der Waals surface area contributed by atoms with Crippen LogP contribution in [0, 0.1) is 5.92 Å². The fraction of sp³-hybridized carbons (Fsp3) is 1.00. The van der Waals surface area contributed by atoms with Crippen LogP contribution in [-0.4, -0.2) is 45.9 Å². The van der Waals surface area contributed by atoms with Gasteiger partial charge in [-0.15, -0.1) is 0 Å². The third-order valence-electron chi connectivity index (χ3n) is 2.90. The molecule has 0 spiro atoms. The average Bonchev–Trinajstić information content (AvgIpc) is 2.16. The molecular formula is C9H21N3O2S. The summed E-state index contributed by atoms with van der Waals surface area (Å²) in [7, 11) is -0.222. The highest BCUT2D eigenvalue weighted by Gasteiger charge is 2.23. The molecule has 0 bridgehead atoms. The Kier molecular flexibility index (Phi) is 4.51. The van der Waals surface area contributed by atoms with Crippen LogP contribution in [0.25, 0.3) is 0 Å². The SMILES string of the molecule is CC1CCCNC1CNS(=O)(=O)N(C)C. The number of rotatable bonds is 4. The molecule has 2 atom stereocenters. The molecule has 2 unspecified atom stereocenters. The first-order valence-electron chi connectivity index (χ1n) is 5.34. The molecular weight excluding hydrogens is 214 g/mol. The Hall–Kier alpha value is -0.170. The van der Waals surface area contributed by atoms with Crippen LogP contribution in [0.2, 0.25) is 0 Å². The highest BCUT2D eigenvalue weighted by molar-refractivity contribution is 7.87. The van der Waals surface area contributed by atoms with E-state index >= 15 is 0 Å². The average molecular weight is 235 g/mol. The maximum absolute atomic E-state index is 11.5. The van der Waals surface area contributed by atoms with E-state index < -0.39 is 10.2 Å². The topological polar surface area (TPSA) is 61.4 Å². The molecule has 0 saturated carbocycles. The maximum atomic E-state index is 11.5. The van der Waals surface area contributed by atoms with Crippen molar-refractivity contribution < 1.29 is 8.42 Å². The molecule has 1 saturated heterocycles. The van der Waals surface area contributed by atoms with E-state index in [0.29, 0.717) is 12.5 Å². The molecule has 1 fully saturated rings. The summed E-state index contributed by atoms with van der Waals surface area (Å²) < 4.78 is 26.7. The van der Waals surface area contributed by atoms with Gasteiger partial charge >= 0.3 is 0 Å². The molecule has 90 valence electrons. The van der Waals surface area contributed by atoms with E-state index in [2.05, 4.69) is 17.0 Å². The van der Waals surface area contributed by atoms with Crippen molar-refractivity contribution in [3.05, 3.63) is 0 Å². The summed E-state index contributed by atoms with van der Waals surface area (Å²) in [4.78, 5) is 0. The van der Waals surface area contributed by atoms with Gasteiger partial charge < -0.3 is 5.32 Å². The van der Waals surface area contributed by atoms with Gasteiger partial charge in [0.2, 0.25) is 0 Å². The minimum Gasteiger partial charge on any atom is -0.312 e. The second-order valence-corrected chi connectivity index (χ2v) is 6.29. The van der Waals surface area contributed by atoms with Gasteiger partial charge in [-0.25, -0.2) is 4.72 Å². The summed E-state index contributed by atoms with van der Waals surface area (Å²) in [6.45, 7) is 3.61. The van der Waals surface area contributed by atoms with Crippen LogP contribution in [0.15, 0.2) is 0 Å². The summed E-state index contributed by atoms with van der Waals surface area (Å²) in [5, 5.41) is 3.33. The van der Waals surface area contributed by atoms with Crippen molar-refractivity contribution in [1.29, 1.82) is 0 Å². The summed E-state index contributed by atoms with van der Waals surface area (Å²) in [5.41, 5.74) is 0. The Morgan fingerprint density at radius 2 is 2.13 bits per heavy atom. The zero-order valence-electron chi connectivity index (χ0n) is 9.66.